The molecular formula is C9H15NO2. The van der Waals surface area contributed by atoms with E-state index in [1.54, 1.807) is 0 Å². The van der Waals surface area contributed by atoms with E-state index in [2.05, 4.69) is 4.90 Å². The number of likely N-dealkylation sites (N-methyl/N-ethyl adjacent to an activating group) is 1. The lowest BCUT2D eigenvalue weighted by atomic mass is 10.1. The molecule has 0 aromatic carbocycles. The minimum atomic E-state index is -0.163. The summed E-state index contributed by atoms with van der Waals surface area (Å²) in [7, 11) is 2.01. The topological polar surface area (TPSA) is 29.5 Å². The largest absolute Gasteiger partial charge is 0.463 e. The van der Waals surface area contributed by atoms with Crippen LogP contribution in [0.4, 0.5) is 0 Å². The number of rotatable bonds is 2. The molecule has 1 aliphatic rings. The SMILES string of the molecule is CCOC(=O)C1=CCCN(C)C1. The van der Waals surface area contributed by atoms with Crippen LogP contribution in [0.3, 0.4) is 0 Å². The minimum Gasteiger partial charge on any atom is -0.463 e. The van der Waals surface area contributed by atoms with Crippen LogP contribution in [0.1, 0.15) is 13.3 Å². The maximum absolute atomic E-state index is 11.2. The first-order valence-corrected chi connectivity index (χ1v) is 4.28. The van der Waals surface area contributed by atoms with E-state index in [-0.39, 0.29) is 5.97 Å². The molecule has 0 N–H and O–H groups in total. The van der Waals surface area contributed by atoms with E-state index >= 15 is 0 Å². The Kier molecular flexibility index (Phi) is 3.29. The molecule has 0 saturated carbocycles. The Labute approximate surface area is 73.0 Å². The van der Waals surface area contributed by atoms with Crippen LogP contribution in [0.25, 0.3) is 0 Å². The van der Waals surface area contributed by atoms with Gasteiger partial charge in [-0.25, -0.2) is 4.79 Å². The van der Waals surface area contributed by atoms with E-state index < -0.39 is 0 Å². The summed E-state index contributed by atoms with van der Waals surface area (Å²) in [6.45, 7) is 4.03. The zero-order chi connectivity index (χ0) is 8.97. The van der Waals surface area contributed by atoms with Crippen molar-refractivity contribution in [2.75, 3.05) is 26.7 Å². The first-order valence-electron chi connectivity index (χ1n) is 4.28. The molecule has 1 heterocycles. The zero-order valence-corrected chi connectivity index (χ0v) is 7.67. The van der Waals surface area contributed by atoms with Crippen LogP contribution < -0.4 is 0 Å². The fourth-order valence-electron chi connectivity index (χ4n) is 1.27. The highest BCUT2D eigenvalue weighted by molar-refractivity contribution is 5.89. The predicted molar refractivity (Wildman–Crippen MR) is 46.8 cm³/mol. The van der Waals surface area contributed by atoms with Gasteiger partial charge in [0.05, 0.1) is 6.61 Å². The van der Waals surface area contributed by atoms with Crippen LogP contribution in [0.2, 0.25) is 0 Å². The number of carbonyl (C=O) groups excluding carboxylic acids is 1. The van der Waals surface area contributed by atoms with E-state index in [1.165, 1.54) is 0 Å². The lowest BCUT2D eigenvalue weighted by Gasteiger charge is -2.21. The van der Waals surface area contributed by atoms with E-state index in [4.69, 9.17) is 4.74 Å². The average molecular weight is 169 g/mol. The van der Waals surface area contributed by atoms with Gasteiger partial charge in [0.15, 0.2) is 0 Å². The van der Waals surface area contributed by atoms with Gasteiger partial charge in [0, 0.05) is 18.7 Å². The molecule has 0 atom stereocenters. The molecule has 0 aromatic heterocycles. The number of nitrogens with zero attached hydrogens (tertiary/aromatic N) is 1. The molecule has 1 aliphatic heterocycles. The molecule has 0 radical (unpaired) electrons. The third-order valence-electron chi connectivity index (χ3n) is 1.88. The van der Waals surface area contributed by atoms with Gasteiger partial charge in [0.2, 0.25) is 0 Å². The number of esters is 1. The molecular weight excluding hydrogens is 154 g/mol. The van der Waals surface area contributed by atoms with Gasteiger partial charge in [-0.3, -0.25) is 0 Å². The molecule has 0 aliphatic carbocycles. The third-order valence-corrected chi connectivity index (χ3v) is 1.88. The third kappa shape index (κ3) is 2.34. The van der Waals surface area contributed by atoms with Crippen molar-refractivity contribution in [2.24, 2.45) is 0 Å². The molecule has 0 fully saturated rings. The van der Waals surface area contributed by atoms with Crippen molar-refractivity contribution in [3.8, 4) is 0 Å². The van der Waals surface area contributed by atoms with Gasteiger partial charge in [-0.05, 0) is 20.4 Å². The van der Waals surface area contributed by atoms with Gasteiger partial charge < -0.3 is 9.64 Å². The van der Waals surface area contributed by atoms with Crippen molar-refractivity contribution < 1.29 is 9.53 Å². The normalized spacial score (nSPS) is 18.7. The average Bonchev–Trinajstić information content (AvgIpc) is 2.05. The molecule has 3 nitrogen and oxygen atoms in total. The summed E-state index contributed by atoms with van der Waals surface area (Å²) in [4.78, 5) is 13.3. The van der Waals surface area contributed by atoms with Gasteiger partial charge in [0.1, 0.15) is 0 Å². The van der Waals surface area contributed by atoms with E-state index in [0.717, 1.165) is 25.1 Å². The monoisotopic (exact) mass is 169 g/mol. The van der Waals surface area contributed by atoms with Crippen molar-refractivity contribution in [1.29, 1.82) is 0 Å². The Bertz CT molecular complexity index is 199. The van der Waals surface area contributed by atoms with Gasteiger partial charge in [0.25, 0.3) is 0 Å². The van der Waals surface area contributed by atoms with Gasteiger partial charge in [-0.15, -0.1) is 0 Å². The fourth-order valence-corrected chi connectivity index (χ4v) is 1.27. The van der Waals surface area contributed by atoms with Gasteiger partial charge in [-0.1, -0.05) is 6.08 Å². The van der Waals surface area contributed by atoms with Crippen molar-refractivity contribution >= 4 is 5.97 Å². The summed E-state index contributed by atoms with van der Waals surface area (Å²) in [5, 5.41) is 0. The molecule has 0 saturated heterocycles. The standard InChI is InChI=1S/C9H15NO2/c1-3-12-9(11)8-5-4-6-10(2)7-8/h5H,3-4,6-7H2,1-2H3. The van der Waals surface area contributed by atoms with Crippen molar-refractivity contribution in [3.05, 3.63) is 11.6 Å². The fraction of sp³-hybridized carbons (Fsp3) is 0.667. The predicted octanol–water partition coefficient (Wildman–Crippen LogP) is 0.811. The Morgan fingerprint density at radius 1 is 1.75 bits per heavy atom. The summed E-state index contributed by atoms with van der Waals surface area (Å²) in [6, 6.07) is 0. The molecule has 12 heavy (non-hydrogen) atoms. The quantitative estimate of drug-likeness (QED) is 0.573. The summed E-state index contributed by atoms with van der Waals surface area (Å²) >= 11 is 0. The van der Waals surface area contributed by atoms with Crippen molar-refractivity contribution in [2.45, 2.75) is 13.3 Å². The van der Waals surface area contributed by atoms with E-state index in [0.29, 0.717) is 6.61 Å². The first-order chi connectivity index (χ1) is 5.74. The summed E-state index contributed by atoms with van der Waals surface area (Å²) in [5.74, 6) is -0.163. The molecule has 0 unspecified atom stereocenters. The minimum absolute atomic E-state index is 0.163. The van der Waals surface area contributed by atoms with Gasteiger partial charge in [-0.2, -0.15) is 0 Å². The van der Waals surface area contributed by atoms with Crippen molar-refractivity contribution in [1.82, 2.24) is 4.90 Å². The molecule has 0 spiro atoms. The molecule has 3 heteroatoms. The smallest absolute Gasteiger partial charge is 0.334 e. The Morgan fingerprint density at radius 2 is 2.50 bits per heavy atom. The summed E-state index contributed by atoms with van der Waals surface area (Å²) < 4.78 is 4.90. The maximum Gasteiger partial charge on any atom is 0.334 e. The summed E-state index contributed by atoms with van der Waals surface area (Å²) in [5.41, 5.74) is 0.797. The zero-order valence-electron chi connectivity index (χ0n) is 7.67. The highest BCUT2D eigenvalue weighted by atomic mass is 16.5. The molecule has 1 rings (SSSR count). The summed E-state index contributed by atoms with van der Waals surface area (Å²) in [6.07, 6.45) is 2.92. The van der Waals surface area contributed by atoms with Crippen LogP contribution in [-0.2, 0) is 9.53 Å². The highest BCUT2D eigenvalue weighted by Crippen LogP contribution is 2.08. The lowest BCUT2D eigenvalue weighted by molar-refractivity contribution is -0.138. The molecule has 68 valence electrons. The Balaban J connectivity index is 2.50. The first kappa shape index (κ1) is 9.26. The van der Waals surface area contributed by atoms with Crippen LogP contribution in [0.5, 0.6) is 0 Å². The number of ether oxygens (including phenoxy) is 1. The van der Waals surface area contributed by atoms with Crippen LogP contribution in [0.15, 0.2) is 11.6 Å². The van der Waals surface area contributed by atoms with Crippen LogP contribution in [-0.4, -0.2) is 37.6 Å². The van der Waals surface area contributed by atoms with E-state index in [1.807, 2.05) is 20.0 Å². The van der Waals surface area contributed by atoms with E-state index in [9.17, 15) is 4.79 Å². The second-order valence-electron chi connectivity index (χ2n) is 2.98. The van der Waals surface area contributed by atoms with Crippen molar-refractivity contribution in [3.63, 3.8) is 0 Å². The molecule has 0 amide bonds. The maximum atomic E-state index is 11.2. The molecule has 0 bridgehead atoms. The second kappa shape index (κ2) is 4.26. The van der Waals surface area contributed by atoms with Gasteiger partial charge >= 0.3 is 5.97 Å². The van der Waals surface area contributed by atoms with Crippen LogP contribution >= 0.6 is 0 Å². The lowest BCUT2D eigenvalue weighted by Crippen LogP contribution is -2.29. The second-order valence-corrected chi connectivity index (χ2v) is 2.98. The highest BCUT2D eigenvalue weighted by Gasteiger charge is 2.15. The Hall–Kier alpha value is -0.830. The number of hydrogen-bond donors (Lipinski definition) is 0. The number of carbonyl (C=O) groups is 1. The van der Waals surface area contributed by atoms with Crippen LogP contribution in [0, 0.1) is 0 Å². The molecule has 0 aromatic rings. The Morgan fingerprint density at radius 3 is 3.08 bits per heavy atom. The number of hydrogen-bond acceptors (Lipinski definition) is 3.